The van der Waals surface area contributed by atoms with Gasteiger partial charge < -0.3 is 4.74 Å². The van der Waals surface area contributed by atoms with E-state index in [0.717, 1.165) is 10.0 Å². The number of esters is 1. The van der Waals surface area contributed by atoms with E-state index < -0.39 is 5.54 Å². The van der Waals surface area contributed by atoms with Gasteiger partial charge in [-0.05, 0) is 38.5 Å². The number of benzene rings is 1. The third kappa shape index (κ3) is 3.70. The lowest BCUT2D eigenvalue weighted by molar-refractivity contribution is -0.147. The number of rotatable bonds is 4. The van der Waals surface area contributed by atoms with Crippen molar-refractivity contribution < 1.29 is 9.53 Å². The summed E-state index contributed by atoms with van der Waals surface area (Å²) < 4.78 is 5.69. The fourth-order valence-electron chi connectivity index (χ4n) is 1.79. The Bertz CT molecular complexity index is 449. The molecule has 0 fully saturated rings. The van der Waals surface area contributed by atoms with Crippen molar-refractivity contribution in [1.82, 2.24) is 5.32 Å². The van der Waals surface area contributed by atoms with Gasteiger partial charge in [-0.15, -0.1) is 0 Å². The van der Waals surface area contributed by atoms with Crippen LogP contribution in [0.2, 0.25) is 5.02 Å². The van der Waals surface area contributed by atoms with E-state index in [-0.39, 0.29) is 12.0 Å². The van der Waals surface area contributed by atoms with Gasteiger partial charge in [0, 0.05) is 15.5 Å². The topological polar surface area (TPSA) is 38.3 Å². The Morgan fingerprint density at radius 3 is 2.61 bits per heavy atom. The monoisotopic (exact) mass is 333 g/mol. The van der Waals surface area contributed by atoms with Gasteiger partial charge in [-0.25, -0.2) is 0 Å². The van der Waals surface area contributed by atoms with Crippen LogP contribution in [0.4, 0.5) is 0 Å². The van der Waals surface area contributed by atoms with Gasteiger partial charge in [0.15, 0.2) is 0 Å². The maximum atomic E-state index is 11.6. The SMILES string of the molecule is COC(=O)C(C)(C)NC(C)c1ccc(Br)cc1Cl. The van der Waals surface area contributed by atoms with E-state index in [2.05, 4.69) is 21.2 Å². The molecule has 100 valence electrons. The molecular weight excluding hydrogens is 318 g/mol. The Balaban J connectivity index is 2.88. The molecule has 1 atom stereocenters. The molecule has 0 aliphatic heterocycles. The fraction of sp³-hybridized carbons (Fsp3) is 0.462. The van der Waals surface area contributed by atoms with E-state index in [1.807, 2.05) is 25.1 Å². The average molecular weight is 335 g/mol. The zero-order chi connectivity index (χ0) is 13.9. The Morgan fingerprint density at radius 2 is 2.11 bits per heavy atom. The van der Waals surface area contributed by atoms with Crippen molar-refractivity contribution in [2.24, 2.45) is 0 Å². The molecule has 1 rings (SSSR count). The smallest absolute Gasteiger partial charge is 0.325 e. The molecule has 0 amide bonds. The molecule has 18 heavy (non-hydrogen) atoms. The summed E-state index contributed by atoms with van der Waals surface area (Å²) in [6.45, 7) is 5.52. The van der Waals surface area contributed by atoms with Crippen LogP contribution in [0.3, 0.4) is 0 Å². The highest BCUT2D eigenvalue weighted by Gasteiger charge is 2.30. The number of halogens is 2. The lowest BCUT2D eigenvalue weighted by Crippen LogP contribution is -2.48. The lowest BCUT2D eigenvalue weighted by atomic mass is 10.0. The van der Waals surface area contributed by atoms with Crippen LogP contribution in [-0.2, 0) is 9.53 Å². The molecule has 1 aromatic carbocycles. The van der Waals surface area contributed by atoms with Crippen molar-refractivity contribution in [2.75, 3.05) is 7.11 Å². The van der Waals surface area contributed by atoms with Crippen molar-refractivity contribution in [2.45, 2.75) is 32.4 Å². The number of hydrogen-bond acceptors (Lipinski definition) is 3. The zero-order valence-corrected chi connectivity index (χ0v) is 13.2. The molecule has 1 unspecified atom stereocenters. The summed E-state index contributed by atoms with van der Waals surface area (Å²) in [6.07, 6.45) is 0. The molecule has 0 aliphatic rings. The normalized spacial score (nSPS) is 13.2. The second kappa shape index (κ2) is 6.04. The van der Waals surface area contributed by atoms with Crippen LogP contribution < -0.4 is 5.32 Å². The number of ether oxygens (including phenoxy) is 1. The average Bonchev–Trinajstić information content (AvgIpc) is 2.26. The minimum Gasteiger partial charge on any atom is -0.468 e. The largest absolute Gasteiger partial charge is 0.468 e. The van der Waals surface area contributed by atoms with Gasteiger partial charge in [0.05, 0.1) is 7.11 Å². The summed E-state index contributed by atoms with van der Waals surface area (Å²) in [5.41, 5.74) is 0.182. The van der Waals surface area contributed by atoms with E-state index >= 15 is 0 Å². The summed E-state index contributed by atoms with van der Waals surface area (Å²) in [4.78, 5) is 11.6. The molecule has 0 aliphatic carbocycles. The van der Waals surface area contributed by atoms with Crippen LogP contribution in [0.5, 0.6) is 0 Å². The van der Waals surface area contributed by atoms with E-state index in [9.17, 15) is 4.79 Å². The quantitative estimate of drug-likeness (QED) is 0.853. The van der Waals surface area contributed by atoms with Crippen molar-refractivity contribution in [3.8, 4) is 0 Å². The summed E-state index contributed by atoms with van der Waals surface area (Å²) in [6, 6.07) is 5.63. The first-order valence-corrected chi connectivity index (χ1v) is 6.76. The molecule has 0 saturated heterocycles. The van der Waals surface area contributed by atoms with E-state index in [1.165, 1.54) is 7.11 Å². The summed E-state index contributed by atoms with van der Waals surface area (Å²) >= 11 is 9.54. The zero-order valence-electron chi connectivity index (χ0n) is 10.9. The summed E-state index contributed by atoms with van der Waals surface area (Å²) in [5.74, 6) is -0.303. The first-order chi connectivity index (χ1) is 8.27. The third-order valence-electron chi connectivity index (χ3n) is 2.70. The van der Waals surface area contributed by atoms with Gasteiger partial charge in [0.1, 0.15) is 5.54 Å². The molecule has 3 nitrogen and oxygen atoms in total. The van der Waals surface area contributed by atoms with Crippen LogP contribution in [0.1, 0.15) is 32.4 Å². The van der Waals surface area contributed by atoms with Crippen LogP contribution in [0.15, 0.2) is 22.7 Å². The highest BCUT2D eigenvalue weighted by molar-refractivity contribution is 9.10. The van der Waals surface area contributed by atoms with Gasteiger partial charge in [0.25, 0.3) is 0 Å². The lowest BCUT2D eigenvalue weighted by Gasteiger charge is -2.28. The number of nitrogens with one attached hydrogen (secondary N) is 1. The Kier molecular flexibility index (Phi) is 5.20. The predicted octanol–water partition coefficient (Wildman–Crippen LogP) is 3.70. The maximum Gasteiger partial charge on any atom is 0.325 e. The Labute approximate surface area is 121 Å². The molecule has 1 N–H and O–H groups in total. The van der Waals surface area contributed by atoms with Gasteiger partial charge in [-0.1, -0.05) is 33.6 Å². The summed E-state index contributed by atoms with van der Waals surface area (Å²) in [7, 11) is 1.38. The van der Waals surface area contributed by atoms with Gasteiger partial charge >= 0.3 is 5.97 Å². The fourth-order valence-corrected chi connectivity index (χ4v) is 2.62. The second-order valence-corrected chi connectivity index (χ2v) is 5.97. The molecule has 5 heteroatoms. The molecule has 0 aromatic heterocycles. The number of hydrogen-bond donors (Lipinski definition) is 1. The molecule has 1 aromatic rings. The maximum absolute atomic E-state index is 11.6. The highest BCUT2D eigenvalue weighted by Crippen LogP contribution is 2.27. The second-order valence-electron chi connectivity index (χ2n) is 4.65. The molecular formula is C13H17BrClNO2. The van der Waals surface area contributed by atoms with Gasteiger partial charge in [-0.2, -0.15) is 0 Å². The van der Waals surface area contributed by atoms with E-state index in [4.69, 9.17) is 16.3 Å². The summed E-state index contributed by atoms with van der Waals surface area (Å²) in [5, 5.41) is 3.87. The van der Waals surface area contributed by atoms with Crippen molar-refractivity contribution in [1.29, 1.82) is 0 Å². The third-order valence-corrected chi connectivity index (χ3v) is 3.52. The van der Waals surface area contributed by atoms with E-state index in [1.54, 1.807) is 13.8 Å². The number of carbonyl (C=O) groups is 1. The first kappa shape index (κ1) is 15.5. The first-order valence-electron chi connectivity index (χ1n) is 5.59. The van der Waals surface area contributed by atoms with Crippen molar-refractivity contribution in [3.05, 3.63) is 33.3 Å². The van der Waals surface area contributed by atoms with Crippen LogP contribution in [0, 0.1) is 0 Å². The van der Waals surface area contributed by atoms with Gasteiger partial charge in [-0.3, -0.25) is 10.1 Å². The number of methoxy groups -OCH3 is 1. The Morgan fingerprint density at radius 1 is 1.50 bits per heavy atom. The highest BCUT2D eigenvalue weighted by atomic mass is 79.9. The van der Waals surface area contributed by atoms with Crippen LogP contribution in [0.25, 0.3) is 0 Å². The molecule has 0 heterocycles. The standard InChI is InChI=1S/C13H17BrClNO2/c1-8(16-13(2,3)12(17)18-4)10-6-5-9(14)7-11(10)15/h5-8,16H,1-4H3. The predicted molar refractivity (Wildman–Crippen MR) is 76.8 cm³/mol. The van der Waals surface area contributed by atoms with Crippen molar-refractivity contribution >= 4 is 33.5 Å². The molecule has 0 bridgehead atoms. The van der Waals surface area contributed by atoms with Gasteiger partial charge in [0.2, 0.25) is 0 Å². The molecule has 0 saturated carbocycles. The van der Waals surface area contributed by atoms with Crippen molar-refractivity contribution in [3.63, 3.8) is 0 Å². The van der Waals surface area contributed by atoms with E-state index in [0.29, 0.717) is 5.02 Å². The minimum absolute atomic E-state index is 0.0558. The minimum atomic E-state index is -0.759. The number of carbonyl (C=O) groups excluding carboxylic acids is 1. The van der Waals surface area contributed by atoms with Crippen LogP contribution in [-0.4, -0.2) is 18.6 Å². The Hall–Kier alpha value is -0.580. The molecule has 0 spiro atoms. The van der Waals surface area contributed by atoms with Crippen LogP contribution >= 0.6 is 27.5 Å². The molecule has 0 radical (unpaired) electrons.